The van der Waals surface area contributed by atoms with Crippen LogP contribution in [0.2, 0.25) is 39.3 Å². The van der Waals surface area contributed by atoms with Crippen molar-refractivity contribution in [3.05, 3.63) is 71.8 Å². The number of hydrogen-bond acceptors (Lipinski definition) is 1. The molecule has 0 aliphatic rings. The quantitative estimate of drug-likeness (QED) is 0.348. The molecule has 156 valence electrons. The van der Waals surface area contributed by atoms with Crippen molar-refractivity contribution in [2.24, 2.45) is 5.41 Å². The van der Waals surface area contributed by atoms with Crippen LogP contribution in [0.3, 0.4) is 0 Å². The molecule has 0 saturated heterocycles. The molecule has 0 unspecified atom stereocenters. The molecule has 0 aliphatic heterocycles. The van der Waals surface area contributed by atoms with E-state index in [2.05, 4.69) is 121 Å². The molecule has 0 aromatic heterocycles. The Hall–Kier alpha value is -1.50. The fourth-order valence-electron chi connectivity index (χ4n) is 3.78. The maximum absolute atomic E-state index is 14.0. The van der Waals surface area contributed by atoms with E-state index in [0.717, 1.165) is 0 Å². The Morgan fingerprint density at radius 3 is 1.48 bits per heavy atom. The highest BCUT2D eigenvalue weighted by molar-refractivity contribution is 7.49. The molecule has 29 heavy (non-hydrogen) atoms. The van der Waals surface area contributed by atoms with Gasteiger partial charge in [0.05, 0.1) is 8.07 Å². The summed E-state index contributed by atoms with van der Waals surface area (Å²) in [7, 11) is -4.91. The van der Waals surface area contributed by atoms with E-state index in [1.807, 2.05) is 0 Å². The molecular formula is C25H37OSi3-. The van der Waals surface area contributed by atoms with Gasteiger partial charge in [-0.3, -0.25) is 0 Å². The van der Waals surface area contributed by atoms with Crippen molar-refractivity contribution < 1.29 is 4.79 Å². The molecule has 0 radical (unpaired) electrons. The molecule has 0 aliphatic carbocycles. The molecule has 0 amide bonds. The first-order valence-electron chi connectivity index (χ1n) is 10.5. The Labute approximate surface area is 181 Å². The van der Waals surface area contributed by atoms with Gasteiger partial charge in [-0.1, -0.05) is 139 Å². The third-order valence-corrected chi connectivity index (χ3v) is 17.0. The van der Waals surface area contributed by atoms with Gasteiger partial charge in [0.15, 0.2) is 0 Å². The zero-order valence-electron chi connectivity index (χ0n) is 19.7. The van der Waals surface area contributed by atoms with Gasteiger partial charge in [0.2, 0.25) is 0 Å². The van der Waals surface area contributed by atoms with Crippen LogP contribution in [0.5, 0.6) is 0 Å². The molecule has 0 bridgehead atoms. The second-order valence-corrected chi connectivity index (χ2v) is 28.1. The minimum atomic E-state index is -1.76. The number of hydrogen-bond donors (Lipinski definition) is 0. The van der Waals surface area contributed by atoms with Crippen LogP contribution in [0.1, 0.15) is 31.9 Å². The zero-order valence-corrected chi connectivity index (χ0v) is 22.7. The summed E-state index contributed by atoms with van der Waals surface area (Å²) < 4.78 is 0. The summed E-state index contributed by atoms with van der Waals surface area (Å²) in [6.45, 7) is 20.7. The molecule has 1 nitrogen and oxygen atoms in total. The van der Waals surface area contributed by atoms with E-state index in [1.165, 1.54) is 21.5 Å². The summed E-state index contributed by atoms with van der Waals surface area (Å²) in [5, 5.41) is 3.34. The van der Waals surface area contributed by atoms with Crippen LogP contribution in [0.25, 0.3) is 10.4 Å². The van der Waals surface area contributed by atoms with Gasteiger partial charge in [-0.25, -0.2) is 8.31 Å². The molecular weight excluding hydrogens is 401 g/mol. The standard InChI is InChI=1S/C25H37OSi3/c1-25(2,3)24(26)27(29(7,8)9)22(20-16-12-10-13-17-20)23(28(4,5)6)21-18-14-11-15-19-21/h10-19H,1-9H3/q-1/b23-22+. The van der Waals surface area contributed by atoms with Crippen molar-refractivity contribution in [3.63, 3.8) is 0 Å². The minimum Gasteiger partial charge on any atom is -0.340 e. The Morgan fingerprint density at radius 1 is 0.724 bits per heavy atom. The third kappa shape index (κ3) is 5.77. The van der Waals surface area contributed by atoms with Gasteiger partial charge in [0.25, 0.3) is 0 Å². The summed E-state index contributed by atoms with van der Waals surface area (Å²) >= 11 is 0. The van der Waals surface area contributed by atoms with Crippen LogP contribution in [-0.4, -0.2) is 29.4 Å². The maximum Gasteiger partial charge on any atom is 0.0748 e. The van der Waals surface area contributed by atoms with Crippen molar-refractivity contribution in [1.82, 2.24) is 0 Å². The Kier molecular flexibility index (Phi) is 7.13. The third-order valence-electron chi connectivity index (χ3n) is 5.03. The van der Waals surface area contributed by atoms with Crippen molar-refractivity contribution in [1.29, 1.82) is 0 Å². The molecule has 0 spiro atoms. The molecule has 0 saturated carbocycles. The maximum atomic E-state index is 14.0. The van der Waals surface area contributed by atoms with Gasteiger partial charge in [-0.2, -0.15) is 5.20 Å². The van der Waals surface area contributed by atoms with Gasteiger partial charge < -0.3 is 4.79 Å². The topological polar surface area (TPSA) is 17.1 Å². The van der Waals surface area contributed by atoms with E-state index in [-0.39, 0.29) is 5.41 Å². The highest BCUT2D eigenvalue weighted by atomic mass is 29.2. The van der Waals surface area contributed by atoms with Gasteiger partial charge in [0.1, 0.15) is 0 Å². The first-order valence-corrected chi connectivity index (χ1v) is 20.0. The monoisotopic (exact) mass is 437 g/mol. The van der Waals surface area contributed by atoms with E-state index >= 15 is 0 Å². The fourth-order valence-corrected chi connectivity index (χ4v) is 17.1. The van der Waals surface area contributed by atoms with Crippen LogP contribution in [-0.2, 0) is 4.79 Å². The summed E-state index contributed by atoms with van der Waals surface area (Å²) in [6.07, 6.45) is 0. The lowest BCUT2D eigenvalue weighted by atomic mass is 9.99. The minimum absolute atomic E-state index is 0.324. The van der Waals surface area contributed by atoms with Crippen LogP contribution < -0.4 is 0 Å². The van der Waals surface area contributed by atoms with Gasteiger partial charge in [0, 0.05) is 0 Å². The molecule has 2 aromatic rings. The first-order chi connectivity index (χ1) is 13.2. The van der Waals surface area contributed by atoms with E-state index < -0.39 is 24.0 Å². The molecule has 0 fully saturated rings. The average molecular weight is 438 g/mol. The van der Waals surface area contributed by atoms with E-state index in [9.17, 15) is 4.79 Å². The average Bonchev–Trinajstić information content (AvgIpc) is 2.59. The lowest BCUT2D eigenvalue weighted by molar-refractivity contribution is -0.118. The number of carbonyl (C=O) groups is 1. The summed E-state index contributed by atoms with van der Waals surface area (Å²) in [6, 6.07) is 21.6. The molecule has 2 aromatic carbocycles. The highest BCUT2D eigenvalue weighted by Gasteiger charge is 2.33. The van der Waals surface area contributed by atoms with Crippen molar-refractivity contribution in [3.8, 4) is 0 Å². The molecule has 0 atom stereocenters. The lowest BCUT2D eigenvalue weighted by Crippen LogP contribution is -2.54. The molecule has 0 heterocycles. The Morgan fingerprint density at radius 2 is 1.14 bits per heavy atom. The molecule has 2 rings (SSSR count). The van der Waals surface area contributed by atoms with Gasteiger partial charge in [-0.05, 0) is 16.4 Å². The smallest absolute Gasteiger partial charge is 0.0748 e. The van der Waals surface area contributed by atoms with Crippen LogP contribution in [0, 0.1) is 5.41 Å². The zero-order chi connectivity index (χ0) is 22.0. The van der Waals surface area contributed by atoms with Gasteiger partial charge >= 0.3 is 0 Å². The fraction of sp³-hybridized carbons (Fsp3) is 0.400. The Balaban J connectivity index is 3.01. The van der Waals surface area contributed by atoms with Crippen LogP contribution in [0.15, 0.2) is 60.7 Å². The van der Waals surface area contributed by atoms with E-state index in [1.54, 1.807) is 0 Å². The number of rotatable bonds is 6. The summed E-state index contributed by atoms with van der Waals surface area (Å²) in [5.41, 5.74) is 2.23. The van der Waals surface area contributed by atoms with Crippen molar-refractivity contribution >= 4 is 39.8 Å². The largest absolute Gasteiger partial charge is 0.340 e. The van der Waals surface area contributed by atoms with E-state index in [0.29, 0.717) is 5.41 Å². The van der Waals surface area contributed by atoms with Crippen molar-refractivity contribution in [2.45, 2.75) is 60.1 Å². The normalized spacial score (nSPS) is 13.7. The summed E-state index contributed by atoms with van der Waals surface area (Å²) in [5.74, 6) is 0. The second kappa shape index (κ2) is 8.70. The number of carbonyl (C=O) groups excluding carboxylic acids is 1. The lowest BCUT2D eigenvalue weighted by Gasteiger charge is -2.50. The van der Waals surface area contributed by atoms with Crippen molar-refractivity contribution in [2.75, 3.05) is 0 Å². The van der Waals surface area contributed by atoms with Crippen LogP contribution >= 0.6 is 0 Å². The predicted molar refractivity (Wildman–Crippen MR) is 137 cm³/mol. The highest BCUT2D eigenvalue weighted by Crippen LogP contribution is 2.39. The Bertz CT molecular complexity index is 864. The molecule has 4 heteroatoms. The predicted octanol–water partition coefficient (Wildman–Crippen LogP) is 7.08. The summed E-state index contributed by atoms with van der Waals surface area (Å²) in [4.78, 5) is 14.0. The number of benzene rings is 2. The second-order valence-electron chi connectivity index (χ2n) is 10.9. The SMILES string of the molecule is CC(C)(C)C(=O)[Si-](/C(=C(\c1ccccc1)[Si](C)(C)C)c1ccccc1)[Si](C)(C)C. The van der Waals surface area contributed by atoms with Gasteiger partial charge in [-0.15, -0.1) is 0 Å². The molecule has 0 N–H and O–H groups in total. The van der Waals surface area contributed by atoms with Crippen LogP contribution in [0.4, 0.5) is 0 Å². The van der Waals surface area contributed by atoms with E-state index in [4.69, 9.17) is 0 Å². The first kappa shape index (κ1) is 23.8.